The number of nitrogens with one attached hydrogen (secondary N) is 1. The van der Waals surface area contributed by atoms with Crippen molar-refractivity contribution in [2.24, 2.45) is 0 Å². The molecule has 24 heavy (non-hydrogen) atoms. The molecule has 0 saturated carbocycles. The summed E-state index contributed by atoms with van der Waals surface area (Å²) in [7, 11) is 0. The Balaban J connectivity index is 1.62. The lowest BCUT2D eigenvalue weighted by Gasteiger charge is -2.12. The summed E-state index contributed by atoms with van der Waals surface area (Å²) in [5.41, 5.74) is 1.86. The summed E-state index contributed by atoms with van der Waals surface area (Å²) in [4.78, 5) is 16.1. The van der Waals surface area contributed by atoms with Gasteiger partial charge < -0.3 is 9.73 Å². The van der Waals surface area contributed by atoms with Crippen LogP contribution in [0.4, 0.5) is 0 Å². The van der Waals surface area contributed by atoms with E-state index in [4.69, 9.17) is 4.42 Å². The van der Waals surface area contributed by atoms with Gasteiger partial charge in [-0.05, 0) is 43.2 Å². The van der Waals surface area contributed by atoms with Gasteiger partial charge in [0, 0.05) is 28.5 Å². The zero-order chi connectivity index (χ0) is 16.9. The zero-order valence-electron chi connectivity index (χ0n) is 12.9. The predicted molar refractivity (Wildman–Crippen MR) is 92.3 cm³/mol. The van der Waals surface area contributed by atoms with Gasteiger partial charge in [0.25, 0.3) is 0 Å². The summed E-state index contributed by atoms with van der Waals surface area (Å²) in [6, 6.07) is 11.4. The molecule has 1 N–H and O–H groups in total. The third kappa shape index (κ3) is 4.05. The third-order valence-electron chi connectivity index (χ3n) is 3.38. The molecule has 3 aromatic rings. The Hall–Kier alpha value is -2.54. The minimum absolute atomic E-state index is 0.0514. The Labute approximate surface area is 147 Å². The zero-order valence-corrected chi connectivity index (χ0v) is 14.5. The summed E-state index contributed by atoms with van der Waals surface area (Å²) in [5.74, 6) is -0.139. The molecule has 0 radical (unpaired) electrons. The summed E-state index contributed by atoms with van der Waals surface area (Å²) < 4.78 is 6.46. The van der Waals surface area contributed by atoms with E-state index in [-0.39, 0.29) is 17.8 Å². The van der Waals surface area contributed by atoms with Crippen LogP contribution in [0.5, 0.6) is 0 Å². The molecule has 3 rings (SSSR count). The molecule has 7 heteroatoms. The van der Waals surface area contributed by atoms with Gasteiger partial charge in [-0.15, -0.1) is 10.2 Å². The minimum Gasteiger partial charge on any atom is -0.412 e. The van der Waals surface area contributed by atoms with E-state index < -0.39 is 0 Å². The number of amides is 1. The van der Waals surface area contributed by atoms with Crippen LogP contribution in [0.1, 0.15) is 23.2 Å². The molecule has 0 aliphatic rings. The van der Waals surface area contributed by atoms with Gasteiger partial charge in [-0.3, -0.25) is 9.78 Å². The number of halogens is 1. The Morgan fingerprint density at radius 1 is 1.17 bits per heavy atom. The Morgan fingerprint density at radius 3 is 2.58 bits per heavy atom. The maximum absolute atomic E-state index is 12.2. The fourth-order valence-electron chi connectivity index (χ4n) is 2.24. The number of hydrogen-bond donors (Lipinski definition) is 1. The number of benzene rings is 1. The van der Waals surface area contributed by atoms with Crippen LogP contribution in [0.15, 0.2) is 57.7 Å². The Kier molecular flexibility index (Phi) is 5.00. The second-order valence-corrected chi connectivity index (χ2v) is 6.27. The van der Waals surface area contributed by atoms with Crippen LogP contribution in [0, 0.1) is 0 Å². The van der Waals surface area contributed by atoms with Gasteiger partial charge in [-0.2, -0.15) is 0 Å². The molecular formula is C17H15BrN4O2. The number of hydrogen-bond acceptors (Lipinski definition) is 5. The van der Waals surface area contributed by atoms with E-state index in [0.29, 0.717) is 12.3 Å². The maximum Gasteiger partial charge on any atom is 0.309 e. The molecule has 0 saturated heterocycles. The molecule has 6 nitrogen and oxygen atoms in total. The summed E-state index contributed by atoms with van der Waals surface area (Å²) in [6.45, 7) is 1.93. The monoisotopic (exact) mass is 386 g/mol. The minimum atomic E-state index is -0.382. The van der Waals surface area contributed by atoms with Crippen LogP contribution in [-0.4, -0.2) is 27.1 Å². The first-order valence-corrected chi connectivity index (χ1v) is 8.20. The van der Waals surface area contributed by atoms with Crippen LogP contribution in [0.3, 0.4) is 0 Å². The van der Waals surface area contributed by atoms with Crippen LogP contribution < -0.4 is 5.32 Å². The van der Waals surface area contributed by atoms with E-state index in [0.717, 1.165) is 15.6 Å². The highest BCUT2D eigenvalue weighted by molar-refractivity contribution is 9.10. The molecule has 2 aromatic heterocycles. The largest absolute Gasteiger partial charge is 0.412 e. The second-order valence-electron chi connectivity index (χ2n) is 5.35. The summed E-state index contributed by atoms with van der Waals surface area (Å²) >= 11 is 3.40. The van der Waals surface area contributed by atoms with Crippen molar-refractivity contribution in [2.75, 3.05) is 0 Å². The van der Waals surface area contributed by atoms with Crippen LogP contribution in [0.25, 0.3) is 11.5 Å². The average Bonchev–Trinajstić information content (AvgIpc) is 3.08. The quantitative estimate of drug-likeness (QED) is 0.727. The van der Waals surface area contributed by atoms with Crippen molar-refractivity contribution >= 4 is 21.8 Å². The van der Waals surface area contributed by atoms with Crippen LogP contribution in [-0.2, 0) is 6.42 Å². The highest BCUT2D eigenvalue weighted by atomic mass is 79.9. The Morgan fingerprint density at radius 2 is 1.88 bits per heavy atom. The first-order valence-electron chi connectivity index (χ1n) is 7.41. The number of carbonyl (C=O) groups is 1. The molecule has 2 heterocycles. The van der Waals surface area contributed by atoms with Crippen molar-refractivity contribution in [2.45, 2.75) is 19.4 Å². The molecule has 1 amide bonds. The lowest BCUT2D eigenvalue weighted by atomic mass is 10.1. The average molecular weight is 387 g/mol. The normalized spacial score (nSPS) is 11.9. The maximum atomic E-state index is 12.2. The highest BCUT2D eigenvalue weighted by Crippen LogP contribution is 2.16. The third-order valence-corrected chi connectivity index (χ3v) is 3.91. The van der Waals surface area contributed by atoms with E-state index in [9.17, 15) is 4.79 Å². The summed E-state index contributed by atoms with van der Waals surface area (Å²) in [6.07, 6.45) is 3.96. The van der Waals surface area contributed by atoms with E-state index in [1.807, 2.05) is 31.2 Å². The van der Waals surface area contributed by atoms with Gasteiger partial charge >= 0.3 is 11.8 Å². The lowest BCUT2D eigenvalue weighted by molar-refractivity contribution is 0.0905. The fourth-order valence-corrected chi connectivity index (χ4v) is 2.50. The molecule has 0 fully saturated rings. The first kappa shape index (κ1) is 16.3. The predicted octanol–water partition coefficient (Wildman–Crippen LogP) is 3.26. The van der Waals surface area contributed by atoms with Crippen molar-refractivity contribution in [1.29, 1.82) is 0 Å². The highest BCUT2D eigenvalue weighted by Gasteiger charge is 2.17. The smallest absolute Gasteiger partial charge is 0.309 e. The molecular weight excluding hydrogens is 372 g/mol. The van der Waals surface area contributed by atoms with Crippen LogP contribution >= 0.6 is 15.9 Å². The molecule has 0 aliphatic carbocycles. The van der Waals surface area contributed by atoms with Gasteiger partial charge in [0.2, 0.25) is 5.89 Å². The number of aromatic nitrogens is 3. The van der Waals surface area contributed by atoms with E-state index in [1.165, 1.54) is 0 Å². The van der Waals surface area contributed by atoms with Gasteiger partial charge in [0.05, 0.1) is 0 Å². The first-order chi connectivity index (χ1) is 11.6. The van der Waals surface area contributed by atoms with Crippen molar-refractivity contribution in [3.63, 3.8) is 0 Å². The SMILES string of the molecule is CC(Cc1ccc(Br)cc1)NC(=O)c1nnc(-c2ccncc2)o1. The number of nitrogens with zero attached hydrogens (tertiary/aromatic N) is 3. The fraction of sp³-hybridized carbons (Fsp3) is 0.176. The molecule has 0 aliphatic heterocycles. The topological polar surface area (TPSA) is 80.9 Å². The van der Waals surface area contributed by atoms with Gasteiger partial charge in [-0.1, -0.05) is 28.1 Å². The number of pyridine rings is 1. The number of carbonyl (C=O) groups excluding carboxylic acids is 1. The lowest BCUT2D eigenvalue weighted by Crippen LogP contribution is -2.34. The number of rotatable bonds is 5. The second kappa shape index (κ2) is 7.35. The van der Waals surface area contributed by atoms with E-state index in [2.05, 4.69) is 36.4 Å². The van der Waals surface area contributed by atoms with Gasteiger partial charge in [0.15, 0.2) is 0 Å². The van der Waals surface area contributed by atoms with Crippen molar-refractivity contribution in [1.82, 2.24) is 20.5 Å². The van der Waals surface area contributed by atoms with E-state index in [1.54, 1.807) is 24.5 Å². The molecule has 1 atom stereocenters. The van der Waals surface area contributed by atoms with Crippen LogP contribution in [0.2, 0.25) is 0 Å². The Bertz CT molecular complexity index is 818. The molecule has 1 unspecified atom stereocenters. The molecule has 1 aromatic carbocycles. The van der Waals surface area contributed by atoms with Gasteiger partial charge in [-0.25, -0.2) is 0 Å². The molecule has 0 bridgehead atoms. The molecule has 0 spiro atoms. The summed E-state index contributed by atoms with van der Waals surface area (Å²) in [5, 5.41) is 10.6. The van der Waals surface area contributed by atoms with Gasteiger partial charge in [0.1, 0.15) is 0 Å². The standard InChI is InChI=1S/C17H15BrN4O2/c1-11(10-12-2-4-14(18)5-3-12)20-15(23)17-22-21-16(24-17)13-6-8-19-9-7-13/h2-9,11H,10H2,1H3,(H,20,23). The van der Waals surface area contributed by atoms with E-state index >= 15 is 0 Å². The van der Waals surface area contributed by atoms with Crippen molar-refractivity contribution < 1.29 is 9.21 Å². The van der Waals surface area contributed by atoms with Crippen molar-refractivity contribution in [3.8, 4) is 11.5 Å². The van der Waals surface area contributed by atoms with Crippen molar-refractivity contribution in [3.05, 3.63) is 64.7 Å². The molecule has 122 valence electrons.